The number of methoxy groups -OCH3 is 2. The highest BCUT2D eigenvalue weighted by atomic mass is 16.5. The van der Waals surface area contributed by atoms with Crippen molar-refractivity contribution in [2.45, 2.75) is 51.0 Å². The fourth-order valence-corrected chi connectivity index (χ4v) is 5.54. The summed E-state index contributed by atoms with van der Waals surface area (Å²) in [6.45, 7) is 1.40. The van der Waals surface area contributed by atoms with Gasteiger partial charge in [-0.1, -0.05) is 12.8 Å². The summed E-state index contributed by atoms with van der Waals surface area (Å²) in [6, 6.07) is 19.4. The maximum Gasteiger partial charge on any atom is 0.255 e. The predicted octanol–water partition coefficient (Wildman–Crippen LogP) is 6.35. The van der Waals surface area contributed by atoms with E-state index >= 15 is 0 Å². The molecule has 1 aliphatic heterocycles. The van der Waals surface area contributed by atoms with Crippen molar-refractivity contribution in [1.29, 1.82) is 0 Å². The minimum Gasteiger partial charge on any atom is -0.497 e. The monoisotopic (exact) mass is 584 g/mol. The number of anilines is 2. The van der Waals surface area contributed by atoms with Crippen molar-refractivity contribution >= 4 is 29.4 Å². The van der Waals surface area contributed by atoms with Crippen molar-refractivity contribution in [2.75, 3.05) is 38.0 Å². The first-order valence-electron chi connectivity index (χ1n) is 15.0. The number of carbonyl (C=O) groups is 2. The Morgan fingerprint density at radius 1 is 0.837 bits per heavy atom. The SMILES string of the molecule is COc1ccc(C(=O)Nc2ccc(NC(=O)C3CCCCN3/N=C/c3ccc(OC)c(OCC4CCCC4)c3)cc2)cc1. The Morgan fingerprint density at radius 3 is 2.23 bits per heavy atom. The van der Waals surface area contributed by atoms with Crippen molar-refractivity contribution < 1.29 is 23.8 Å². The molecule has 1 heterocycles. The Labute approximate surface area is 253 Å². The highest BCUT2D eigenvalue weighted by Gasteiger charge is 2.28. The molecule has 3 aromatic carbocycles. The lowest BCUT2D eigenvalue weighted by Crippen LogP contribution is -2.44. The lowest BCUT2D eigenvalue weighted by molar-refractivity contribution is -0.122. The fourth-order valence-electron chi connectivity index (χ4n) is 5.54. The van der Waals surface area contributed by atoms with E-state index in [-0.39, 0.29) is 17.9 Å². The number of nitrogens with one attached hydrogen (secondary N) is 2. The van der Waals surface area contributed by atoms with Crippen LogP contribution < -0.4 is 24.8 Å². The zero-order chi connectivity index (χ0) is 30.0. The van der Waals surface area contributed by atoms with Gasteiger partial charge in [0.1, 0.15) is 11.8 Å². The second-order valence-electron chi connectivity index (χ2n) is 11.0. The highest BCUT2D eigenvalue weighted by Crippen LogP contribution is 2.31. The maximum absolute atomic E-state index is 13.3. The first-order valence-corrected chi connectivity index (χ1v) is 15.0. The van der Waals surface area contributed by atoms with Gasteiger partial charge in [-0.05, 0) is 110 Å². The van der Waals surface area contributed by atoms with E-state index < -0.39 is 0 Å². The molecule has 2 amide bonds. The van der Waals surface area contributed by atoms with E-state index in [0.717, 1.165) is 30.6 Å². The van der Waals surface area contributed by atoms with Crippen LogP contribution in [0.25, 0.3) is 0 Å². The van der Waals surface area contributed by atoms with Crippen LogP contribution in [0.3, 0.4) is 0 Å². The average Bonchev–Trinajstić information content (AvgIpc) is 3.58. The molecular weight excluding hydrogens is 544 g/mol. The summed E-state index contributed by atoms with van der Waals surface area (Å²) >= 11 is 0. The van der Waals surface area contributed by atoms with Crippen molar-refractivity contribution in [3.8, 4) is 17.2 Å². The van der Waals surface area contributed by atoms with Gasteiger partial charge in [-0.25, -0.2) is 0 Å². The third-order valence-electron chi connectivity index (χ3n) is 8.03. The molecule has 3 aromatic rings. The van der Waals surface area contributed by atoms with Gasteiger partial charge in [-0.2, -0.15) is 5.10 Å². The van der Waals surface area contributed by atoms with Crippen LogP contribution in [0.4, 0.5) is 11.4 Å². The molecule has 43 heavy (non-hydrogen) atoms. The molecular formula is C34H40N4O5. The molecule has 2 aliphatic rings. The lowest BCUT2D eigenvalue weighted by atomic mass is 10.0. The Hall–Kier alpha value is -4.53. The Morgan fingerprint density at radius 2 is 1.53 bits per heavy atom. The Balaban J connectivity index is 1.18. The summed E-state index contributed by atoms with van der Waals surface area (Å²) in [5.74, 6) is 2.38. The number of hydrogen-bond donors (Lipinski definition) is 2. The average molecular weight is 585 g/mol. The normalized spacial score (nSPS) is 17.1. The minimum atomic E-state index is -0.379. The number of benzene rings is 3. The van der Waals surface area contributed by atoms with Crippen LogP contribution in [0.5, 0.6) is 17.2 Å². The molecule has 5 rings (SSSR count). The largest absolute Gasteiger partial charge is 0.497 e. The number of hydrogen-bond acceptors (Lipinski definition) is 7. The zero-order valence-electron chi connectivity index (χ0n) is 24.9. The number of nitrogens with zero attached hydrogens (tertiary/aromatic N) is 2. The van der Waals surface area contributed by atoms with Gasteiger partial charge in [0.2, 0.25) is 5.91 Å². The topological polar surface area (TPSA) is 101 Å². The summed E-state index contributed by atoms with van der Waals surface area (Å²) in [6.07, 6.45) is 9.42. The number of hydrazone groups is 1. The highest BCUT2D eigenvalue weighted by molar-refractivity contribution is 6.04. The van der Waals surface area contributed by atoms with Crippen LogP contribution in [-0.4, -0.2) is 56.5 Å². The minimum absolute atomic E-state index is 0.109. The van der Waals surface area contributed by atoms with E-state index in [2.05, 4.69) is 10.6 Å². The van der Waals surface area contributed by atoms with E-state index in [9.17, 15) is 9.59 Å². The molecule has 2 N–H and O–H groups in total. The van der Waals surface area contributed by atoms with Crippen molar-refractivity contribution in [3.05, 3.63) is 77.9 Å². The van der Waals surface area contributed by atoms with Crippen LogP contribution in [0.15, 0.2) is 71.8 Å². The van der Waals surface area contributed by atoms with Gasteiger partial charge in [0.15, 0.2) is 11.5 Å². The van der Waals surface area contributed by atoms with E-state index in [0.29, 0.717) is 47.5 Å². The van der Waals surface area contributed by atoms with Gasteiger partial charge < -0.3 is 24.8 Å². The van der Waals surface area contributed by atoms with Crippen LogP contribution in [0.1, 0.15) is 60.9 Å². The van der Waals surface area contributed by atoms with Gasteiger partial charge in [-0.3, -0.25) is 14.6 Å². The molecule has 226 valence electrons. The van der Waals surface area contributed by atoms with Crippen LogP contribution in [0, 0.1) is 5.92 Å². The molecule has 0 radical (unpaired) electrons. The number of carbonyl (C=O) groups excluding carboxylic acids is 2. The molecule has 1 saturated heterocycles. The maximum atomic E-state index is 13.3. The first-order chi connectivity index (χ1) is 21.0. The second kappa shape index (κ2) is 14.6. The molecule has 0 spiro atoms. The standard InChI is InChI=1S/C34H40N4O5/c1-41-29-17-11-26(12-18-29)33(39)36-27-13-15-28(16-14-27)37-34(40)30-9-5-6-20-38(30)35-22-25-10-19-31(42-2)32(21-25)43-23-24-7-3-4-8-24/h10-19,21-22,24,30H,3-9,20,23H2,1-2H3,(H,36,39)(H,37,40)/b35-22+. The summed E-state index contributed by atoms with van der Waals surface area (Å²) in [5.41, 5.74) is 2.70. The summed E-state index contributed by atoms with van der Waals surface area (Å²) < 4.78 is 16.8. The van der Waals surface area contributed by atoms with Crippen LogP contribution >= 0.6 is 0 Å². The fraction of sp³-hybridized carbons (Fsp3) is 0.382. The van der Waals surface area contributed by atoms with Gasteiger partial charge in [0, 0.05) is 23.5 Å². The van der Waals surface area contributed by atoms with Gasteiger partial charge in [-0.15, -0.1) is 0 Å². The van der Waals surface area contributed by atoms with Gasteiger partial charge >= 0.3 is 0 Å². The third kappa shape index (κ3) is 8.06. The van der Waals surface area contributed by atoms with Crippen LogP contribution in [-0.2, 0) is 4.79 Å². The molecule has 9 heteroatoms. The van der Waals surface area contributed by atoms with E-state index in [1.165, 1.54) is 25.7 Å². The molecule has 1 unspecified atom stereocenters. The number of ether oxygens (including phenoxy) is 3. The van der Waals surface area contributed by atoms with Gasteiger partial charge in [0.05, 0.1) is 27.0 Å². The van der Waals surface area contributed by atoms with Gasteiger partial charge in [0.25, 0.3) is 5.91 Å². The van der Waals surface area contributed by atoms with Crippen LogP contribution in [0.2, 0.25) is 0 Å². The predicted molar refractivity (Wildman–Crippen MR) is 168 cm³/mol. The lowest BCUT2D eigenvalue weighted by Gasteiger charge is -2.32. The second-order valence-corrected chi connectivity index (χ2v) is 11.0. The molecule has 0 aromatic heterocycles. The van der Waals surface area contributed by atoms with Crippen molar-refractivity contribution in [1.82, 2.24) is 5.01 Å². The Kier molecular flexibility index (Phi) is 10.2. The molecule has 0 bridgehead atoms. The summed E-state index contributed by atoms with van der Waals surface area (Å²) in [5, 5.41) is 12.5. The molecule has 1 atom stereocenters. The van der Waals surface area contributed by atoms with Crippen molar-refractivity contribution in [2.24, 2.45) is 11.0 Å². The summed E-state index contributed by atoms with van der Waals surface area (Å²) in [7, 11) is 3.23. The number of amides is 2. The van der Waals surface area contributed by atoms with E-state index in [1.807, 2.05) is 23.2 Å². The van der Waals surface area contributed by atoms with E-state index in [1.54, 1.807) is 69.0 Å². The molecule has 2 fully saturated rings. The first kappa shape index (κ1) is 29.9. The third-order valence-corrected chi connectivity index (χ3v) is 8.03. The quantitative estimate of drug-likeness (QED) is 0.255. The molecule has 1 saturated carbocycles. The van der Waals surface area contributed by atoms with E-state index in [4.69, 9.17) is 19.3 Å². The Bertz CT molecular complexity index is 1400. The smallest absolute Gasteiger partial charge is 0.255 e. The van der Waals surface area contributed by atoms with Crippen molar-refractivity contribution in [3.63, 3.8) is 0 Å². The zero-order valence-corrected chi connectivity index (χ0v) is 24.9. The number of rotatable bonds is 11. The molecule has 1 aliphatic carbocycles. The number of piperidine rings is 1. The summed E-state index contributed by atoms with van der Waals surface area (Å²) in [4.78, 5) is 25.9. The molecule has 9 nitrogen and oxygen atoms in total.